The largest absolute Gasteiger partial charge is 0.356 e. The number of piperidine rings is 1. The molecule has 0 saturated carbocycles. The van der Waals surface area contributed by atoms with Gasteiger partial charge in [-0.25, -0.2) is 0 Å². The molecule has 0 spiro atoms. The second-order valence-corrected chi connectivity index (χ2v) is 9.16. The van der Waals surface area contributed by atoms with Crippen LogP contribution in [-0.2, 0) is 17.9 Å². The van der Waals surface area contributed by atoms with E-state index in [9.17, 15) is 4.79 Å². The zero-order valence-electron chi connectivity index (χ0n) is 20.0. The molecule has 33 heavy (non-hydrogen) atoms. The number of nitrogens with one attached hydrogen (secondary N) is 2. The molecule has 1 unspecified atom stereocenters. The Kier molecular flexibility index (Phi) is 8.00. The van der Waals surface area contributed by atoms with Crippen LogP contribution in [0.1, 0.15) is 55.3 Å². The third-order valence-corrected chi connectivity index (χ3v) is 6.98. The van der Waals surface area contributed by atoms with Gasteiger partial charge in [-0.15, -0.1) is 0 Å². The molecule has 0 aromatic heterocycles. The van der Waals surface area contributed by atoms with Crippen LogP contribution in [0.15, 0.2) is 59.6 Å². The zero-order chi connectivity index (χ0) is 23.0. The molecule has 6 nitrogen and oxygen atoms in total. The van der Waals surface area contributed by atoms with Gasteiger partial charge in [-0.3, -0.25) is 14.7 Å². The molecule has 2 aliphatic rings. The standard InChI is InChI=1S/C27H37N5O/c1-21(22-9-4-3-5-10-22)31-17-14-25(15-18-31)30-27(28-2)29-16-8-13-26(33)32-19-23-11-6-7-12-24(23)20-32/h3-7,9-12,21,25H,8,13-20H2,1-2H3,(H2,28,29,30). The molecule has 2 aliphatic heterocycles. The van der Waals surface area contributed by atoms with E-state index >= 15 is 0 Å². The first kappa shape index (κ1) is 23.3. The summed E-state index contributed by atoms with van der Waals surface area (Å²) >= 11 is 0. The fourth-order valence-corrected chi connectivity index (χ4v) is 4.88. The lowest BCUT2D eigenvalue weighted by Crippen LogP contribution is -2.49. The van der Waals surface area contributed by atoms with Gasteiger partial charge in [-0.05, 0) is 42.9 Å². The van der Waals surface area contributed by atoms with Gasteiger partial charge in [0.05, 0.1) is 0 Å². The second-order valence-electron chi connectivity index (χ2n) is 9.16. The van der Waals surface area contributed by atoms with Crippen LogP contribution in [0.3, 0.4) is 0 Å². The topological polar surface area (TPSA) is 60.0 Å². The third kappa shape index (κ3) is 6.14. The molecule has 0 bridgehead atoms. The lowest BCUT2D eigenvalue weighted by Gasteiger charge is -2.37. The monoisotopic (exact) mass is 447 g/mol. The Balaban J connectivity index is 1.13. The van der Waals surface area contributed by atoms with Crippen molar-refractivity contribution in [3.05, 3.63) is 71.3 Å². The van der Waals surface area contributed by atoms with Gasteiger partial charge in [0.25, 0.3) is 0 Å². The molecule has 2 aromatic carbocycles. The highest BCUT2D eigenvalue weighted by atomic mass is 16.2. The van der Waals surface area contributed by atoms with E-state index in [2.05, 4.69) is 69.9 Å². The maximum Gasteiger partial charge on any atom is 0.223 e. The second kappa shape index (κ2) is 11.3. The molecule has 0 radical (unpaired) electrons. The van der Waals surface area contributed by atoms with E-state index in [0.29, 0.717) is 18.5 Å². The summed E-state index contributed by atoms with van der Waals surface area (Å²) in [7, 11) is 1.81. The van der Waals surface area contributed by atoms with Crippen LogP contribution < -0.4 is 10.6 Å². The van der Waals surface area contributed by atoms with E-state index in [1.807, 2.05) is 24.1 Å². The number of carbonyl (C=O) groups excluding carboxylic acids is 1. The number of fused-ring (bicyclic) bond motifs is 1. The van der Waals surface area contributed by atoms with Crippen molar-refractivity contribution in [3.8, 4) is 0 Å². The van der Waals surface area contributed by atoms with Crippen molar-refractivity contribution in [1.82, 2.24) is 20.4 Å². The third-order valence-electron chi connectivity index (χ3n) is 6.98. The maximum atomic E-state index is 12.6. The van der Waals surface area contributed by atoms with Gasteiger partial charge in [0.15, 0.2) is 5.96 Å². The Labute approximate surface area is 198 Å². The van der Waals surface area contributed by atoms with Crippen LogP contribution in [-0.4, -0.2) is 54.4 Å². The van der Waals surface area contributed by atoms with Crippen molar-refractivity contribution in [2.75, 3.05) is 26.7 Å². The molecular weight excluding hydrogens is 410 g/mol. The summed E-state index contributed by atoms with van der Waals surface area (Å²) in [6.45, 7) is 6.69. The highest BCUT2D eigenvalue weighted by Gasteiger charge is 2.24. The molecule has 2 aromatic rings. The Morgan fingerprint density at radius 3 is 2.30 bits per heavy atom. The average Bonchev–Trinajstić information content (AvgIpc) is 3.31. The first-order valence-electron chi connectivity index (χ1n) is 12.2. The first-order chi connectivity index (χ1) is 16.1. The van der Waals surface area contributed by atoms with Crippen LogP contribution >= 0.6 is 0 Å². The van der Waals surface area contributed by atoms with Gasteiger partial charge >= 0.3 is 0 Å². The van der Waals surface area contributed by atoms with Crippen molar-refractivity contribution in [2.24, 2.45) is 4.99 Å². The van der Waals surface area contributed by atoms with Gasteiger partial charge in [0, 0.05) is 58.3 Å². The summed E-state index contributed by atoms with van der Waals surface area (Å²) in [5.74, 6) is 1.07. The Morgan fingerprint density at radius 2 is 1.67 bits per heavy atom. The number of hydrogen-bond acceptors (Lipinski definition) is 3. The van der Waals surface area contributed by atoms with Crippen LogP contribution in [0.25, 0.3) is 0 Å². The molecular formula is C27H37N5O. The van der Waals surface area contributed by atoms with Gasteiger partial charge in [0.2, 0.25) is 5.91 Å². The van der Waals surface area contributed by atoms with Crippen LogP contribution in [0, 0.1) is 0 Å². The van der Waals surface area contributed by atoms with E-state index in [4.69, 9.17) is 0 Å². The minimum absolute atomic E-state index is 0.232. The maximum absolute atomic E-state index is 12.6. The van der Waals surface area contributed by atoms with Gasteiger partial charge in [-0.2, -0.15) is 0 Å². The summed E-state index contributed by atoms with van der Waals surface area (Å²) in [4.78, 5) is 21.5. The molecule has 4 rings (SSSR count). The molecule has 176 valence electrons. The number of guanidine groups is 1. The van der Waals surface area contributed by atoms with Crippen molar-refractivity contribution in [2.45, 2.75) is 57.8 Å². The van der Waals surface area contributed by atoms with Gasteiger partial charge in [0.1, 0.15) is 0 Å². The normalized spacial score (nSPS) is 18.1. The summed E-state index contributed by atoms with van der Waals surface area (Å²) in [5.41, 5.74) is 3.93. The smallest absolute Gasteiger partial charge is 0.223 e. The molecule has 1 amide bonds. The predicted octanol–water partition coefficient (Wildman–Crippen LogP) is 3.70. The fraction of sp³-hybridized carbons (Fsp3) is 0.481. The SMILES string of the molecule is CN=C(NCCCC(=O)N1Cc2ccccc2C1)NC1CCN(C(C)c2ccccc2)CC1. The van der Waals surface area contributed by atoms with Crippen molar-refractivity contribution in [1.29, 1.82) is 0 Å². The molecule has 1 fully saturated rings. The molecule has 0 aliphatic carbocycles. The fourth-order valence-electron chi connectivity index (χ4n) is 4.88. The number of hydrogen-bond donors (Lipinski definition) is 2. The number of carbonyl (C=O) groups is 1. The summed E-state index contributed by atoms with van der Waals surface area (Å²) in [6.07, 6.45) is 3.57. The highest BCUT2D eigenvalue weighted by molar-refractivity contribution is 5.80. The summed E-state index contributed by atoms with van der Waals surface area (Å²) in [5, 5.41) is 6.97. The molecule has 6 heteroatoms. The Bertz CT molecular complexity index is 912. The van der Waals surface area contributed by atoms with Gasteiger partial charge < -0.3 is 15.5 Å². The summed E-state index contributed by atoms with van der Waals surface area (Å²) < 4.78 is 0. The minimum Gasteiger partial charge on any atom is -0.356 e. The van der Waals surface area contributed by atoms with E-state index in [1.54, 1.807) is 0 Å². The van der Waals surface area contributed by atoms with E-state index < -0.39 is 0 Å². The van der Waals surface area contributed by atoms with Crippen LogP contribution in [0.4, 0.5) is 0 Å². The number of nitrogens with zero attached hydrogens (tertiary/aromatic N) is 3. The van der Waals surface area contributed by atoms with Crippen molar-refractivity contribution < 1.29 is 4.79 Å². The number of rotatable bonds is 7. The average molecular weight is 448 g/mol. The van der Waals surface area contributed by atoms with Crippen molar-refractivity contribution >= 4 is 11.9 Å². The molecule has 1 saturated heterocycles. The zero-order valence-corrected chi connectivity index (χ0v) is 20.0. The van der Waals surface area contributed by atoms with E-state index in [1.165, 1.54) is 16.7 Å². The first-order valence-corrected chi connectivity index (χ1v) is 12.2. The van der Waals surface area contributed by atoms with E-state index in [0.717, 1.165) is 57.9 Å². The van der Waals surface area contributed by atoms with Crippen molar-refractivity contribution in [3.63, 3.8) is 0 Å². The van der Waals surface area contributed by atoms with Crippen LogP contribution in [0.2, 0.25) is 0 Å². The van der Waals surface area contributed by atoms with Gasteiger partial charge in [-0.1, -0.05) is 54.6 Å². The quantitative estimate of drug-likeness (QED) is 0.386. The molecule has 2 heterocycles. The van der Waals surface area contributed by atoms with E-state index in [-0.39, 0.29) is 5.91 Å². The Morgan fingerprint density at radius 1 is 1.03 bits per heavy atom. The number of benzene rings is 2. The highest BCUT2D eigenvalue weighted by Crippen LogP contribution is 2.24. The lowest BCUT2D eigenvalue weighted by molar-refractivity contribution is -0.131. The Hall–Kier alpha value is -2.86. The van der Waals surface area contributed by atoms with Crippen LogP contribution in [0.5, 0.6) is 0 Å². The summed E-state index contributed by atoms with van der Waals surface area (Å²) in [6, 6.07) is 20.0. The lowest BCUT2D eigenvalue weighted by atomic mass is 10.0. The predicted molar refractivity (Wildman–Crippen MR) is 134 cm³/mol. The number of aliphatic imine (C=N–C) groups is 1. The molecule has 2 N–H and O–H groups in total. The number of amides is 1. The number of likely N-dealkylation sites (tertiary alicyclic amines) is 1. The molecule has 1 atom stereocenters. The minimum atomic E-state index is 0.232.